The summed E-state index contributed by atoms with van der Waals surface area (Å²) < 4.78 is 52.9. The van der Waals surface area contributed by atoms with Crippen LogP contribution in [0.5, 0.6) is 11.5 Å². The van der Waals surface area contributed by atoms with Crippen LogP contribution in [0.2, 0.25) is 0 Å². The molecule has 3 aromatic carbocycles. The summed E-state index contributed by atoms with van der Waals surface area (Å²) in [5.74, 6) is -0.683. The number of sulfonamides is 1. The molecule has 0 unspecified atom stereocenters. The number of aliphatic hydroxyl groups excluding tert-OH is 1. The van der Waals surface area contributed by atoms with E-state index in [4.69, 9.17) is 9.47 Å². The molecule has 3 amide bonds. The molecule has 3 aromatic rings. The molecule has 0 saturated heterocycles. The summed E-state index contributed by atoms with van der Waals surface area (Å²) in [6, 6.07) is 14.7. The summed E-state index contributed by atoms with van der Waals surface area (Å²) in [4.78, 5) is 28.1. The highest BCUT2D eigenvalue weighted by Crippen LogP contribution is 2.35. The van der Waals surface area contributed by atoms with Gasteiger partial charge >= 0.3 is 6.03 Å². The van der Waals surface area contributed by atoms with Crippen molar-refractivity contribution in [1.29, 1.82) is 0 Å². The van der Waals surface area contributed by atoms with E-state index in [0.29, 0.717) is 11.4 Å². The molecule has 4 rings (SSSR count). The number of methoxy groups -OCH3 is 1. The molecule has 0 spiro atoms. The Morgan fingerprint density at radius 1 is 1.14 bits per heavy atom. The summed E-state index contributed by atoms with van der Waals surface area (Å²) in [7, 11) is -0.999. The van der Waals surface area contributed by atoms with Crippen molar-refractivity contribution >= 4 is 33.3 Å². The lowest BCUT2D eigenvalue weighted by molar-refractivity contribution is 0.0389. The van der Waals surface area contributed by atoms with Gasteiger partial charge in [-0.05, 0) is 67.6 Å². The van der Waals surface area contributed by atoms with Crippen molar-refractivity contribution in [2.24, 2.45) is 5.92 Å². The van der Waals surface area contributed by atoms with Crippen LogP contribution in [0.4, 0.5) is 20.6 Å². The maximum atomic E-state index is 13.7. The number of hydrogen-bond acceptors (Lipinski definition) is 7. The van der Waals surface area contributed by atoms with Crippen molar-refractivity contribution in [3.63, 3.8) is 0 Å². The van der Waals surface area contributed by atoms with Gasteiger partial charge in [0.25, 0.3) is 5.91 Å². The molecule has 0 aromatic heterocycles. The second kappa shape index (κ2) is 13.4. The van der Waals surface area contributed by atoms with Gasteiger partial charge in [0, 0.05) is 25.2 Å². The Morgan fingerprint density at radius 2 is 1.81 bits per heavy atom. The van der Waals surface area contributed by atoms with Gasteiger partial charge in [0.05, 0.1) is 42.4 Å². The molecule has 1 heterocycles. The number of likely N-dealkylation sites (N-methyl/N-ethyl adjacent to an activating group) is 1. The molecule has 3 atom stereocenters. The van der Waals surface area contributed by atoms with Crippen LogP contribution < -0.4 is 20.1 Å². The minimum Gasteiger partial charge on any atom is -0.497 e. The van der Waals surface area contributed by atoms with Crippen LogP contribution in [0, 0.1) is 11.7 Å². The van der Waals surface area contributed by atoms with Crippen molar-refractivity contribution in [3.8, 4) is 11.5 Å². The maximum absolute atomic E-state index is 13.7. The molecule has 0 radical (unpaired) electrons. The third kappa shape index (κ3) is 7.24. The Bertz CT molecular complexity index is 1550. The van der Waals surface area contributed by atoms with Crippen molar-refractivity contribution in [3.05, 3.63) is 78.1 Å². The number of amides is 3. The molecule has 0 saturated carbocycles. The van der Waals surface area contributed by atoms with Crippen LogP contribution in [0.3, 0.4) is 0 Å². The van der Waals surface area contributed by atoms with E-state index in [1.165, 1.54) is 59.8 Å². The molecule has 0 fully saturated rings. The lowest BCUT2D eigenvalue weighted by Crippen LogP contribution is -2.50. The van der Waals surface area contributed by atoms with Crippen molar-refractivity contribution < 1.29 is 37.0 Å². The van der Waals surface area contributed by atoms with Crippen LogP contribution >= 0.6 is 0 Å². The molecule has 0 aliphatic carbocycles. The second-order valence-corrected chi connectivity index (χ2v) is 12.4. The highest BCUT2D eigenvalue weighted by molar-refractivity contribution is 7.89. The number of aliphatic hydroxyl groups is 1. The first-order valence-corrected chi connectivity index (χ1v) is 15.0. The van der Waals surface area contributed by atoms with Gasteiger partial charge in [-0.15, -0.1) is 0 Å². The minimum atomic E-state index is -3.93. The van der Waals surface area contributed by atoms with E-state index in [1.807, 2.05) is 6.92 Å². The van der Waals surface area contributed by atoms with Gasteiger partial charge in [0.2, 0.25) is 10.0 Å². The number of carbonyl (C=O) groups is 2. The number of nitrogens with one attached hydrogen (secondary N) is 2. The number of para-hydroxylation sites is 1. The van der Waals surface area contributed by atoms with Gasteiger partial charge < -0.3 is 30.1 Å². The average Bonchev–Trinajstić information content (AvgIpc) is 2.99. The fraction of sp³-hybridized carbons (Fsp3) is 0.333. The van der Waals surface area contributed by atoms with Gasteiger partial charge in [0.1, 0.15) is 17.7 Å². The molecule has 1 aliphatic heterocycles. The largest absolute Gasteiger partial charge is 0.497 e. The normalized spacial score (nSPS) is 17.7. The van der Waals surface area contributed by atoms with E-state index in [2.05, 4.69) is 10.6 Å². The van der Waals surface area contributed by atoms with E-state index in [0.717, 1.165) is 0 Å². The standard InChI is InChI=1S/C30H35FN4O7S/c1-19-16-35(20(2)18-36)29(37)25-6-5-7-26(33-30(38)32-22-10-8-21(31)9-11-22)28(25)42-27(19)17-34(3)43(39,40)24-14-12-23(41-4)13-15-24/h5-15,19-20,27,36H,16-18H2,1-4H3,(H2,32,33,38)/t19-,20+,27-/m0/s1. The minimum absolute atomic E-state index is 0.0590. The fourth-order valence-corrected chi connectivity index (χ4v) is 5.84. The second-order valence-electron chi connectivity index (χ2n) is 10.4. The molecular weight excluding hydrogens is 579 g/mol. The highest BCUT2D eigenvalue weighted by Gasteiger charge is 2.36. The zero-order chi connectivity index (χ0) is 31.3. The number of urea groups is 1. The number of anilines is 2. The topological polar surface area (TPSA) is 138 Å². The fourth-order valence-electron chi connectivity index (χ4n) is 4.66. The number of fused-ring (bicyclic) bond motifs is 1. The average molecular weight is 615 g/mol. The van der Waals surface area contributed by atoms with E-state index >= 15 is 0 Å². The number of rotatable bonds is 9. The SMILES string of the molecule is COc1ccc(S(=O)(=O)N(C)C[C@@H]2Oc3c(NC(=O)Nc4ccc(F)cc4)cccc3C(=O)N([C@H](C)CO)C[C@@H]2C)cc1. The molecule has 230 valence electrons. The molecule has 13 heteroatoms. The van der Waals surface area contributed by atoms with E-state index in [9.17, 15) is 27.5 Å². The third-order valence-electron chi connectivity index (χ3n) is 7.25. The number of nitrogens with zero attached hydrogens (tertiary/aromatic N) is 2. The van der Waals surface area contributed by atoms with Crippen LogP contribution in [0.15, 0.2) is 71.6 Å². The Hall–Kier alpha value is -4.20. The summed E-state index contributed by atoms with van der Waals surface area (Å²) in [6.07, 6.45) is -0.763. The third-order valence-corrected chi connectivity index (χ3v) is 9.08. The quantitative estimate of drug-likeness (QED) is 0.331. The lowest BCUT2D eigenvalue weighted by Gasteiger charge is -2.38. The zero-order valence-electron chi connectivity index (χ0n) is 24.3. The molecular formula is C30H35FN4O7S. The summed E-state index contributed by atoms with van der Waals surface area (Å²) in [5, 5.41) is 15.2. The lowest BCUT2D eigenvalue weighted by atomic mass is 9.99. The number of hydrogen-bond donors (Lipinski definition) is 3. The molecule has 0 bridgehead atoms. The first kappa shape index (κ1) is 31.7. The van der Waals surface area contributed by atoms with Gasteiger partial charge in [-0.3, -0.25) is 4.79 Å². The Balaban J connectivity index is 1.67. The smallest absolute Gasteiger partial charge is 0.323 e. The predicted octanol–water partition coefficient (Wildman–Crippen LogP) is 4.02. The van der Waals surface area contributed by atoms with Crippen molar-refractivity contribution in [2.75, 3.05) is 44.5 Å². The van der Waals surface area contributed by atoms with E-state index < -0.39 is 39.9 Å². The van der Waals surface area contributed by atoms with E-state index in [1.54, 1.807) is 37.3 Å². The molecule has 11 nitrogen and oxygen atoms in total. The predicted molar refractivity (Wildman–Crippen MR) is 159 cm³/mol. The summed E-state index contributed by atoms with van der Waals surface area (Å²) >= 11 is 0. The van der Waals surface area contributed by atoms with Crippen molar-refractivity contribution in [2.45, 2.75) is 30.9 Å². The number of carbonyl (C=O) groups excluding carboxylic acids is 2. The number of benzene rings is 3. The summed E-state index contributed by atoms with van der Waals surface area (Å²) in [6.45, 7) is 3.35. The highest BCUT2D eigenvalue weighted by atomic mass is 32.2. The molecule has 3 N–H and O–H groups in total. The Kier molecular flexibility index (Phi) is 9.89. The van der Waals surface area contributed by atoms with Gasteiger partial charge in [-0.25, -0.2) is 17.6 Å². The monoisotopic (exact) mass is 614 g/mol. The van der Waals surface area contributed by atoms with E-state index in [-0.39, 0.29) is 47.5 Å². The van der Waals surface area contributed by atoms with Crippen LogP contribution in [0.1, 0.15) is 24.2 Å². The zero-order valence-corrected chi connectivity index (χ0v) is 25.1. The Labute approximate surface area is 250 Å². The van der Waals surface area contributed by atoms with Crippen LogP contribution in [-0.2, 0) is 10.0 Å². The first-order chi connectivity index (χ1) is 20.4. The molecule has 1 aliphatic rings. The van der Waals surface area contributed by atoms with Crippen molar-refractivity contribution in [1.82, 2.24) is 9.21 Å². The summed E-state index contributed by atoms with van der Waals surface area (Å²) in [5.41, 5.74) is 0.647. The number of halogens is 1. The van der Waals surface area contributed by atoms with Gasteiger partial charge in [0.15, 0.2) is 5.75 Å². The van der Waals surface area contributed by atoms with Crippen LogP contribution in [-0.4, -0.2) is 80.7 Å². The van der Waals surface area contributed by atoms with Gasteiger partial charge in [-0.2, -0.15) is 4.31 Å². The Morgan fingerprint density at radius 3 is 2.44 bits per heavy atom. The number of ether oxygens (including phenoxy) is 2. The van der Waals surface area contributed by atoms with Gasteiger partial charge in [-0.1, -0.05) is 13.0 Å². The maximum Gasteiger partial charge on any atom is 0.323 e. The first-order valence-electron chi connectivity index (χ1n) is 13.6. The van der Waals surface area contributed by atoms with Crippen LogP contribution in [0.25, 0.3) is 0 Å². The molecule has 43 heavy (non-hydrogen) atoms.